The van der Waals surface area contributed by atoms with Gasteiger partial charge in [-0.2, -0.15) is 5.10 Å². The van der Waals surface area contributed by atoms with Gasteiger partial charge in [-0.15, -0.1) is 0 Å². The quantitative estimate of drug-likeness (QED) is 0.540. The van der Waals surface area contributed by atoms with Crippen molar-refractivity contribution in [3.8, 4) is 22.8 Å². The summed E-state index contributed by atoms with van der Waals surface area (Å²) >= 11 is 0. The van der Waals surface area contributed by atoms with Gasteiger partial charge in [0.2, 0.25) is 5.91 Å². The predicted molar refractivity (Wildman–Crippen MR) is 127 cm³/mol. The normalized spacial score (nSPS) is 14.1. The van der Waals surface area contributed by atoms with E-state index < -0.39 is 0 Å². The molecule has 0 aliphatic carbocycles. The van der Waals surface area contributed by atoms with E-state index in [1.807, 2.05) is 55.6 Å². The Hall–Kier alpha value is -3.36. The third-order valence-corrected chi connectivity index (χ3v) is 5.63. The highest BCUT2D eigenvalue weighted by Crippen LogP contribution is 2.32. The fourth-order valence-corrected chi connectivity index (χ4v) is 3.85. The summed E-state index contributed by atoms with van der Waals surface area (Å²) in [6.45, 7) is 4.81. The van der Waals surface area contributed by atoms with Crippen molar-refractivity contribution in [2.45, 2.75) is 6.42 Å². The molecule has 0 radical (unpaired) electrons. The van der Waals surface area contributed by atoms with Gasteiger partial charge in [0.15, 0.2) is 0 Å². The molecule has 0 bridgehead atoms. The van der Waals surface area contributed by atoms with Crippen LogP contribution in [0.25, 0.3) is 11.3 Å². The summed E-state index contributed by atoms with van der Waals surface area (Å²) < 4.78 is 18.6. The van der Waals surface area contributed by atoms with E-state index in [9.17, 15) is 4.79 Å². The SMILES string of the molecule is COc1cccc(CC(=O)Nc2ccc(OCCN3CCOCC3)c(-c3ccnn3C)c2)c1. The van der Waals surface area contributed by atoms with Crippen molar-refractivity contribution in [1.29, 1.82) is 0 Å². The van der Waals surface area contributed by atoms with Gasteiger partial charge >= 0.3 is 0 Å². The Morgan fingerprint density at radius 3 is 2.76 bits per heavy atom. The van der Waals surface area contributed by atoms with E-state index in [-0.39, 0.29) is 12.3 Å². The fraction of sp³-hybridized carbons (Fsp3) is 0.360. The molecule has 8 nitrogen and oxygen atoms in total. The van der Waals surface area contributed by atoms with Gasteiger partial charge in [0, 0.05) is 44.1 Å². The lowest BCUT2D eigenvalue weighted by molar-refractivity contribution is -0.115. The molecule has 8 heteroatoms. The van der Waals surface area contributed by atoms with E-state index in [1.165, 1.54) is 0 Å². The fourth-order valence-electron chi connectivity index (χ4n) is 3.85. The number of benzene rings is 2. The van der Waals surface area contributed by atoms with E-state index in [4.69, 9.17) is 14.2 Å². The molecule has 1 aromatic heterocycles. The standard InChI is InChI=1S/C25H30N4O4/c1-28-23(8-9-26-28)22-18-20(27-25(30)17-19-4-3-5-21(16-19)31-2)6-7-24(22)33-15-12-29-10-13-32-14-11-29/h3-9,16,18H,10-15,17H2,1-2H3,(H,27,30). The summed E-state index contributed by atoms with van der Waals surface area (Å²) in [6.07, 6.45) is 2.01. The molecule has 174 valence electrons. The van der Waals surface area contributed by atoms with Crippen molar-refractivity contribution in [3.05, 3.63) is 60.3 Å². The average Bonchev–Trinajstić information content (AvgIpc) is 3.26. The minimum absolute atomic E-state index is 0.0970. The molecule has 1 fully saturated rings. The minimum Gasteiger partial charge on any atom is -0.497 e. The minimum atomic E-state index is -0.0970. The number of methoxy groups -OCH3 is 1. The third-order valence-electron chi connectivity index (χ3n) is 5.63. The molecule has 2 heterocycles. The van der Waals surface area contributed by atoms with Crippen molar-refractivity contribution in [3.63, 3.8) is 0 Å². The third kappa shape index (κ3) is 6.12. The first-order valence-electron chi connectivity index (χ1n) is 11.1. The van der Waals surface area contributed by atoms with Crippen molar-refractivity contribution in [2.75, 3.05) is 51.9 Å². The molecule has 4 rings (SSSR count). The second-order valence-electron chi connectivity index (χ2n) is 7.93. The Morgan fingerprint density at radius 2 is 2.00 bits per heavy atom. The first-order valence-corrected chi connectivity index (χ1v) is 11.1. The van der Waals surface area contributed by atoms with Crippen LogP contribution >= 0.6 is 0 Å². The molecule has 0 unspecified atom stereocenters. The van der Waals surface area contributed by atoms with Crippen LogP contribution in [0.5, 0.6) is 11.5 Å². The molecule has 0 saturated carbocycles. The molecule has 0 atom stereocenters. The largest absolute Gasteiger partial charge is 0.497 e. The maximum Gasteiger partial charge on any atom is 0.228 e. The summed E-state index contributed by atoms with van der Waals surface area (Å²) in [5, 5.41) is 7.29. The molecule has 1 aliphatic heterocycles. The van der Waals surface area contributed by atoms with E-state index in [0.29, 0.717) is 12.3 Å². The Morgan fingerprint density at radius 1 is 1.15 bits per heavy atom. The van der Waals surface area contributed by atoms with Crippen LogP contribution in [-0.2, 0) is 23.0 Å². The van der Waals surface area contributed by atoms with Crippen molar-refractivity contribution in [2.24, 2.45) is 7.05 Å². The molecule has 0 spiro atoms. The number of hydrogen-bond acceptors (Lipinski definition) is 6. The summed E-state index contributed by atoms with van der Waals surface area (Å²) in [7, 11) is 3.50. The van der Waals surface area contributed by atoms with Crippen molar-refractivity contribution in [1.82, 2.24) is 14.7 Å². The topological polar surface area (TPSA) is 77.8 Å². The highest BCUT2D eigenvalue weighted by molar-refractivity contribution is 5.93. The van der Waals surface area contributed by atoms with Crippen LogP contribution in [-0.4, -0.2) is 67.2 Å². The van der Waals surface area contributed by atoms with E-state index in [0.717, 1.165) is 61.2 Å². The lowest BCUT2D eigenvalue weighted by atomic mass is 10.1. The Labute approximate surface area is 194 Å². The number of nitrogens with zero attached hydrogens (tertiary/aromatic N) is 3. The number of carbonyl (C=O) groups excluding carboxylic acids is 1. The van der Waals surface area contributed by atoms with Gasteiger partial charge in [-0.05, 0) is 42.0 Å². The predicted octanol–water partition coefficient (Wildman–Crippen LogP) is 2.99. The second-order valence-corrected chi connectivity index (χ2v) is 7.93. The van der Waals surface area contributed by atoms with Gasteiger partial charge in [0.1, 0.15) is 18.1 Å². The Balaban J connectivity index is 1.46. The van der Waals surface area contributed by atoms with Crippen molar-refractivity contribution >= 4 is 11.6 Å². The van der Waals surface area contributed by atoms with Crippen LogP contribution < -0.4 is 14.8 Å². The highest BCUT2D eigenvalue weighted by Gasteiger charge is 2.15. The lowest BCUT2D eigenvalue weighted by Crippen LogP contribution is -2.38. The number of rotatable bonds is 9. The van der Waals surface area contributed by atoms with Crippen LogP contribution in [0, 0.1) is 0 Å². The van der Waals surface area contributed by atoms with Crippen LogP contribution in [0.4, 0.5) is 5.69 Å². The summed E-state index contributed by atoms with van der Waals surface area (Å²) in [4.78, 5) is 15.0. The zero-order valence-corrected chi connectivity index (χ0v) is 19.1. The van der Waals surface area contributed by atoms with Crippen LogP contribution in [0.15, 0.2) is 54.7 Å². The number of anilines is 1. The van der Waals surface area contributed by atoms with Crippen molar-refractivity contribution < 1.29 is 19.0 Å². The highest BCUT2D eigenvalue weighted by atomic mass is 16.5. The van der Waals surface area contributed by atoms with E-state index >= 15 is 0 Å². The van der Waals surface area contributed by atoms with Gasteiger partial charge in [-0.3, -0.25) is 14.4 Å². The average molecular weight is 451 g/mol. The monoisotopic (exact) mass is 450 g/mol. The number of aromatic nitrogens is 2. The first kappa shape index (κ1) is 22.8. The molecular weight excluding hydrogens is 420 g/mol. The number of nitrogens with one attached hydrogen (secondary N) is 1. The number of hydrogen-bond donors (Lipinski definition) is 1. The Bertz CT molecular complexity index is 1080. The zero-order valence-electron chi connectivity index (χ0n) is 19.1. The van der Waals surface area contributed by atoms with Gasteiger partial charge in [-0.25, -0.2) is 0 Å². The van der Waals surface area contributed by atoms with Gasteiger partial charge in [-0.1, -0.05) is 12.1 Å². The summed E-state index contributed by atoms with van der Waals surface area (Å²) in [6, 6.07) is 15.2. The van der Waals surface area contributed by atoms with Crippen LogP contribution in [0.3, 0.4) is 0 Å². The number of ether oxygens (including phenoxy) is 3. The van der Waals surface area contributed by atoms with Gasteiger partial charge < -0.3 is 19.5 Å². The zero-order chi connectivity index (χ0) is 23.0. The van der Waals surface area contributed by atoms with Crippen LogP contribution in [0.2, 0.25) is 0 Å². The first-order chi connectivity index (χ1) is 16.1. The second kappa shape index (κ2) is 11.0. The molecule has 1 amide bonds. The summed E-state index contributed by atoms with van der Waals surface area (Å²) in [5.41, 5.74) is 3.40. The van der Waals surface area contributed by atoms with Gasteiger partial charge in [0.25, 0.3) is 0 Å². The maximum absolute atomic E-state index is 12.7. The van der Waals surface area contributed by atoms with Crippen LogP contribution in [0.1, 0.15) is 5.56 Å². The maximum atomic E-state index is 12.7. The van der Waals surface area contributed by atoms with E-state index in [2.05, 4.69) is 15.3 Å². The lowest BCUT2D eigenvalue weighted by Gasteiger charge is -2.26. The number of aryl methyl sites for hydroxylation is 1. The molecule has 33 heavy (non-hydrogen) atoms. The molecule has 1 saturated heterocycles. The molecular formula is C25H30N4O4. The van der Waals surface area contributed by atoms with E-state index in [1.54, 1.807) is 18.0 Å². The number of morpholine rings is 1. The molecule has 2 aromatic carbocycles. The Kier molecular flexibility index (Phi) is 7.59. The smallest absolute Gasteiger partial charge is 0.228 e. The number of amides is 1. The number of carbonyl (C=O) groups is 1. The molecule has 1 aliphatic rings. The summed E-state index contributed by atoms with van der Waals surface area (Å²) in [5.74, 6) is 1.40. The van der Waals surface area contributed by atoms with Gasteiger partial charge in [0.05, 0.1) is 32.4 Å². The molecule has 1 N–H and O–H groups in total. The molecule has 3 aromatic rings.